The molecule has 0 atom stereocenters. The first-order chi connectivity index (χ1) is 15.1. The molecule has 0 aliphatic carbocycles. The number of amides is 1. The fourth-order valence-electron chi connectivity index (χ4n) is 4.09. The van der Waals surface area contributed by atoms with E-state index in [9.17, 15) is 4.79 Å². The second-order valence-electron chi connectivity index (χ2n) is 8.38. The molecule has 162 valence electrons. The Labute approximate surface area is 184 Å². The molecule has 0 spiro atoms. The van der Waals surface area contributed by atoms with Crippen LogP contribution < -0.4 is 10.2 Å². The summed E-state index contributed by atoms with van der Waals surface area (Å²) >= 11 is 0. The van der Waals surface area contributed by atoms with Crippen molar-refractivity contribution in [1.29, 1.82) is 0 Å². The Morgan fingerprint density at radius 2 is 1.84 bits per heavy atom. The first kappa shape index (κ1) is 21.1. The van der Waals surface area contributed by atoms with Gasteiger partial charge in [0.25, 0.3) is 5.91 Å². The fourth-order valence-corrected chi connectivity index (χ4v) is 4.09. The Morgan fingerprint density at radius 1 is 1.06 bits per heavy atom. The highest BCUT2D eigenvalue weighted by Crippen LogP contribution is 2.21. The number of aromatic nitrogens is 3. The van der Waals surface area contributed by atoms with Crippen molar-refractivity contribution in [3.05, 3.63) is 77.2 Å². The van der Waals surface area contributed by atoms with Gasteiger partial charge in [0, 0.05) is 25.8 Å². The van der Waals surface area contributed by atoms with Gasteiger partial charge < -0.3 is 10.2 Å². The number of anilines is 1. The minimum absolute atomic E-state index is 0.0924. The average Bonchev–Trinajstić information content (AvgIpc) is 3.21. The van der Waals surface area contributed by atoms with Crippen LogP contribution >= 0.6 is 0 Å². The Balaban J connectivity index is 1.36. The van der Waals surface area contributed by atoms with Crippen LogP contribution in [0.25, 0.3) is 0 Å². The summed E-state index contributed by atoms with van der Waals surface area (Å²) in [7, 11) is 0. The first-order valence-electron chi connectivity index (χ1n) is 11.2. The van der Waals surface area contributed by atoms with Gasteiger partial charge in [-0.05, 0) is 42.4 Å². The van der Waals surface area contributed by atoms with Crippen LogP contribution in [0.4, 0.5) is 5.82 Å². The number of benzene rings is 1. The van der Waals surface area contributed by atoms with Crippen LogP contribution in [-0.4, -0.2) is 33.8 Å². The standard InChI is InChI=1S/C25H31N5O/c1-3-23-22(17-28-30(23)18-20-7-5-4-6-8-20)25(31)27-16-21-9-10-24(26-15-21)29-13-11-19(2)12-14-29/h4-10,15,17,19H,3,11-14,16,18H2,1-2H3,(H,27,31). The number of hydrogen-bond acceptors (Lipinski definition) is 4. The maximum absolute atomic E-state index is 12.8. The lowest BCUT2D eigenvalue weighted by molar-refractivity contribution is 0.0950. The molecule has 6 nitrogen and oxygen atoms in total. The van der Waals surface area contributed by atoms with Crippen LogP contribution in [0.3, 0.4) is 0 Å². The van der Waals surface area contributed by atoms with Gasteiger partial charge in [-0.2, -0.15) is 5.10 Å². The van der Waals surface area contributed by atoms with Crippen molar-refractivity contribution in [1.82, 2.24) is 20.1 Å². The molecule has 1 aliphatic rings. The summed E-state index contributed by atoms with van der Waals surface area (Å²) in [4.78, 5) is 19.8. The number of nitrogens with zero attached hydrogens (tertiary/aromatic N) is 4. The van der Waals surface area contributed by atoms with Crippen molar-refractivity contribution < 1.29 is 4.79 Å². The predicted octanol–water partition coefficient (Wildman–Crippen LogP) is 4.06. The van der Waals surface area contributed by atoms with Gasteiger partial charge in [-0.15, -0.1) is 0 Å². The molecule has 0 bridgehead atoms. The largest absolute Gasteiger partial charge is 0.357 e. The Bertz CT molecular complexity index is 989. The number of hydrogen-bond donors (Lipinski definition) is 1. The summed E-state index contributed by atoms with van der Waals surface area (Å²) in [6.07, 6.45) is 6.73. The van der Waals surface area contributed by atoms with E-state index in [0.29, 0.717) is 18.7 Å². The van der Waals surface area contributed by atoms with Gasteiger partial charge in [0.2, 0.25) is 0 Å². The minimum atomic E-state index is -0.0924. The molecular formula is C25H31N5O. The van der Waals surface area contributed by atoms with E-state index in [1.165, 1.54) is 18.4 Å². The summed E-state index contributed by atoms with van der Waals surface area (Å²) < 4.78 is 1.92. The molecule has 1 N–H and O–H groups in total. The molecule has 1 amide bonds. The molecule has 6 heteroatoms. The van der Waals surface area contributed by atoms with Crippen LogP contribution in [0.2, 0.25) is 0 Å². The summed E-state index contributed by atoms with van der Waals surface area (Å²) in [5, 5.41) is 7.49. The van der Waals surface area contributed by atoms with E-state index in [0.717, 1.165) is 42.5 Å². The van der Waals surface area contributed by atoms with E-state index < -0.39 is 0 Å². The van der Waals surface area contributed by atoms with E-state index in [2.05, 4.69) is 58.4 Å². The lowest BCUT2D eigenvalue weighted by atomic mass is 9.99. The quantitative estimate of drug-likeness (QED) is 0.630. The van der Waals surface area contributed by atoms with Crippen LogP contribution in [0, 0.1) is 5.92 Å². The van der Waals surface area contributed by atoms with E-state index in [1.54, 1.807) is 6.20 Å². The molecule has 0 saturated carbocycles. The first-order valence-corrected chi connectivity index (χ1v) is 11.2. The molecule has 1 fully saturated rings. The molecule has 3 aromatic rings. The molecular weight excluding hydrogens is 386 g/mol. The van der Waals surface area contributed by atoms with Crippen LogP contribution in [0.15, 0.2) is 54.9 Å². The normalized spacial score (nSPS) is 14.6. The van der Waals surface area contributed by atoms with Crippen molar-refractivity contribution in [2.24, 2.45) is 5.92 Å². The number of rotatable bonds is 7. The van der Waals surface area contributed by atoms with E-state index >= 15 is 0 Å². The van der Waals surface area contributed by atoms with Crippen molar-refractivity contribution in [2.45, 2.75) is 46.2 Å². The number of carbonyl (C=O) groups is 1. The molecule has 1 saturated heterocycles. The highest BCUT2D eigenvalue weighted by Gasteiger charge is 2.18. The molecule has 0 unspecified atom stereocenters. The number of pyridine rings is 1. The van der Waals surface area contributed by atoms with Crippen LogP contribution in [-0.2, 0) is 19.5 Å². The summed E-state index contributed by atoms with van der Waals surface area (Å²) in [6, 6.07) is 14.3. The highest BCUT2D eigenvalue weighted by atomic mass is 16.1. The molecule has 3 heterocycles. The van der Waals surface area contributed by atoms with Gasteiger partial charge >= 0.3 is 0 Å². The topological polar surface area (TPSA) is 63.1 Å². The third kappa shape index (κ3) is 5.13. The number of piperidine rings is 1. The average molecular weight is 418 g/mol. The van der Waals surface area contributed by atoms with E-state index in [-0.39, 0.29) is 5.91 Å². The van der Waals surface area contributed by atoms with Gasteiger partial charge in [0.15, 0.2) is 0 Å². The van der Waals surface area contributed by atoms with Crippen LogP contribution in [0.5, 0.6) is 0 Å². The van der Waals surface area contributed by atoms with Gasteiger partial charge in [-0.3, -0.25) is 9.48 Å². The van der Waals surface area contributed by atoms with Gasteiger partial charge in [0.1, 0.15) is 5.82 Å². The Kier molecular flexibility index (Phi) is 6.65. The third-order valence-corrected chi connectivity index (χ3v) is 6.07. The Morgan fingerprint density at radius 3 is 2.52 bits per heavy atom. The lowest BCUT2D eigenvalue weighted by Gasteiger charge is -2.31. The molecule has 1 aliphatic heterocycles. The van der Waals surface area contributed by atoms with Crippen molar-refractivity contribution in [3.63, 3.8) is 0 Å². The van der Waals surface area contributed by atoms with Gasteiger partial charge in [0.05, 0.1) is 24.0 Å². The molecule has 31 heavy (non-hydrogen) atoms. The van der Waals surface area contributed by atoms with Crippen molar-refractivity contribution in [2.75, 3.05) is 18.0 Å². The van der Waals surface area contributed by atoms with E-state index in [4.69, 9.17) is 0 Å². The second-order valence-corrected chi connectivity index (χ2v) is 8.38. The maximum Gasteiger partial charge on any atom is 0.255 e. The van der Waals surface area contributed by atoms with Crippen molar-refractivity contribution in [3.8, 4) is 0 Å². The smallest absolute Gasteiger partial charge is 0.255 e. The Hall–Kier alpha value is -3.15. The third-order valence-electron chi connectivity index (χ3n) is 6.07. The maximum atomic E-state index is 12.8. The zero-order chi connectivity index (χ0) is 21.6. The fraction of sp³-hybridized carbons (Fsp3) is 0.400. The zero-order valence-electron chi connectivity index (χ0n) is 18.4. The van der Waals surface area contributed by atoms with Crippen molar-refractivity contribution >= 4 is 11.7 Å². The summed E-state index contributed by atoms with van der Waals surface area (Å²) in [5.74, 6) is 1.73. The van der Waals surface area contributed by atoms with E-state index in [1.807, 2.05) is 29.1 Å². The predicted molar refractivity (Wildman–Crippen MR) is 123 cm³/mol. The SMILES string of the molecule is CCc1c(C(=O)NCc2ccc(N3CCC(C)CC3)nc2)cnn1Cc1ccccc1. The summed E-state index contributed by atoms with van der Waals surface area (Å²) in [5.41, 5.74) is 3.76. The highest BCUT2D eigenvalue weighted by molar-refractivity contribution is 5.95. The monoisotopic (exact) mass is 417 g/mol. The number of nitrogens with one attached hydrogen (secondary N) is 1. The van der Waals surface area contributed by atoms with Gasteiger partial charge in [-0.25, -0.2) is 4.98 Å². The number of carbonyl (C=O) groups excluding carboxylic acids is 1. The van der Waals surface area contributed by atoms with Gasteiger partial charge in [-0.1, -0.05) is 50.2 Å². The molecule has 2 aromatic heterocycles. The van der Waals surface area contributed by atoms with Crippen LogP contribution in [0.1, 0.15) is 53.9 Å². The molecule has 0 radical (unpaired) electrons. The zero-order valence-corrected chi connectivity index (χ0v) is 18.4. The molecule has 4 rings (SSSR count). The minimum Gasteiger partial charge on any atom is -0.357 e. The summed E-state index contributed by atoms with van der Waals surface area (Å²) in [6.45, 7) is 7.62. The second kappa shape index (κ2) is 9.77. The molecule has 1 aromatic carbocycles. The lowest BCUT2D eigenvalue weighted by Crippen LogP contribution is -2.33.